The minimum Gasteiger partial charge on any atom is -0.505 e. The van der Waals surface area contributed by atoms with Crippen molar-refractivity contribution < 1.29 is 5.11 Å². The predicted molar refractivity (Wildman–Crippen MR) is 42.0 cm³/mol. The highest BCUT2D eigenvalue weighted by Gasteiger charge is 2.04. The zero-order valence-corrected chi connectivity index (χ0v) is 6.13. The molecule has 0 atom stereocenters. The van der Waals surface area contributed by atoms with Gasteiger partial charge in [-0.15, -0.1) is 0 Å². The fourth-order valence-corrected chi connectivity index (χ4v) is 0.815. The Hall–Kier alpha value is -1.69. The van der Waals surface area contributed by atoms with E-state index in [0.717, 1.165) is 0 Å². The van der Waals surface area contributed by atoms with Crippen LogP contribution in [0.3, 0.4) is 0 Å². The summed E-state index contributed by atoms with van der Waals surface area (Å²) in [7, 11) is 0. The van der Waals surface area contributed by atoms with E-state index < -0.39 is 0 Å². The minimum absolute atomic E-state index is 0.00375. The highest BCUT2D eigenvalue weighted by atomic mass is 16.3. The molecular formula is C8H8N2O. The van der Waals surface area contributed by atoms with Crippen LogP contribution in [0, 0.1) is 18.3 Å². The second-order valence-electron chi connectivity index (χ2n) is 2.30. The Labute approximate surface area is 64.7 Å². The number of aromatic hydroxyl groups is 1. The second kappa shape index (κ2) is 2.51. The van der Waals surface area contributed by atoms with E-state index in [1.54, 1.807) is 19.1 Å². The topological polar surface area (TPSA) is 70.0 Å². The molecule has 56 valence electrons. The molecule has 1 aromatic rings. The summed E-state index contributed by atoms with van der Waals surface area (Å²) in [5.74, 6) is 0.00375. The molecule has 0 saturated heterocycles. The van der Waals surface area contributed by atoms with Crippen LogP contribution in [0.1, 0.15) is 11.1 Å². The molecule has 3 heteroatoms. The Morgan fingerprint density at radius 3 is 2.73 bits per heavy atom. The average molecular weight is 148 g/mol. The Balaban J connectivity index is 3.40. The molecule has 0 heterocycles. The zero-order chi connectivity index (χ0) is 8.43. The van der Waals surface area contributed by atoms with Crippen molar-refractivity contribution in [3.05, 3.63) is 23.3 Å². The summed E-state index contributed by atoms with van der Waals surface area (Å²) in [5.41, 5.74) is 6.58. The van der Waals surface area contributed by atoms with Gasteiger partial charge in [-0.2, -0.15) is 5.26 Å². The Kier molecular flexibility index (Phi) is 1.69. The maximum absolute atomic E-state index is 9.24. The average Bonchev–Trinajstić information content (AvgIpc) is 2.01. The van der Waals surface area contributed by atoms with E-state index in [0.29, 0.717) is 11.1 Å². The monoisotopic (exact) mass is 148 g/mol. The van der Waals surface area contributed by atoms with Crippen LogP contribution in [0.25, 0.3) is 0 Å². The fraction of sp³-hybridized carbons (Fsp3) is 0.125. The molecule has 3 nitrogen and oxygen atoms in total. The highest BCUT2D eigenvalue weighted by Crippen LogP contribution is 2.26. The number of phenolic OH excluding ortho intramolecular Hbond substituents is 1. The first-order chi connectivity index (χ1) is 5.16. The number of hydrogen-bond acceptors (Lipinski definition) is 3. The number of benzene rings is 1. The van der Waals surface area contributed by atoms with Crippen LogP contribution in [-0.2, 0) is 0 Å². The molecular weight excluding hydrogens is 140 g/mol. The van der Waals surface area contributed by atoms with E-state index >= 15 is 0 Å². The molecule has 0 unspecified atom stereocenters. The van der Waals surface area contributed by atoms with Crippen LogP contribution in [0.2, 0.25) is 0 Å². The first kappa shape index (κ1) is 7.42. The molecule has 0 radical (unpaired) electrons. The normalized spacial score (nSPS) is 9.09. The summed E-state index contributed by atoms with van der Waals surface area (Å²) in [6, 6.07) is 5.12. The summed E-state index contributed by atoms with van der Waals surface area (Å²) in [5, 5.41) is 17.7. The lowest BCUT2D eigenvalue weighted by atomic mass is 10.1. The largest absolute Gasteiger partial charge is 0.505 e. The van der Waals surface area contributed by atoms with Gasteiger partial charge < -0.3 is 10.8 Å². The van der Waals surface area contributed by atoms with Crippen molar-refractivity contribution in [2.75, 3.05) is 5.73 Å². The number of nitriles is 1. The van der Waals surface area contributed by atoms with Crippen LogP contribution in [0.15, 0.2) is 12.1 Å². The molecule has 0 aliphatic heterocycles. The maximum atomic E-state index is 9.24. The number of nitrogen functional groups attached to an aromatic ring is 1. The number of nitrogens with two attached hydrogens (primary N) is 1. The van der Waals surface area contributed by atoms with Gasteiger partial charge in [0.15, 0.2) is 0 Å². The van der Waals surface area contributed by atoms with E-state index in [9.17, 15) is 5.11 Å². The van der Waals surface area contributed by atoms with E-state index in [4.69, 9.17) is 11.0 Å². The van der Waals surface area contributed by atoms with Crippen LogP contribution in [-0.4, -0.2) is 5.11 Å². The van der Waals surface area contributed by atoms with Gasteiger partial charge in [-0.3, -0.25) is 0 Å². The van der Waals surface area contributed by atoms with Crippen molar-refractivity contribution in [2.24, 2.45) is 0 Å². The SMILES string of the molecule is Cc1ccc(C#N)c(N)c1O. The molecule has 0 fully saturated rings. The summed E-state index contributed by atoms with van der Waals surface area (Å²) in [6.07, 6.45) is 0. The van der Waals surface area contributed by atoms with Gasteiger partial charge in [0, 0.05) is 0 Å². The van der Waals surface area contributed by atoms with Gasteiger partial charge in [0.2, 0.25) is 0 Å². The third-order valence-corrected chi connectivity index (χ3v) is 1.54. The first-order valence-corrected chi connectivity index (χ1v) is 3.15. The summed E-state index contributed by atoms with van der Waals surface area (Å²) in [4.78, 5) is 0. The third-order valence-electron chi connectivity index (χ3n) is 1.54. The van der Waals surface area contributed by atoms with Gasteiger partial charge >= 0.3 is 0 Å². The molecule has 0 aromatic heterocycles. The van der Waals surface area contributed by atoms with Gasteiger partial charge in [-0.05, 0) is 18.6 Å². The fourth-order valence-electron chi connectivity index (χ4n) is 0.815. The van der Waals surface area contributed by atoms with Crippen molar-refractivity contribution in [1.82, 2.24) is 0 Å². The summed E-state index contributed by atoms with van der Waals surface area (Å²) >= 11 is 0. The minimum atomic E-state index is 0.00375. The number of rotatable bonds is 0. The third kappa shape index (κ3) is 1.10. The lowest BCUT2D eigenvalue weighted by Gasteiger charge is -2.02. The van der Waals surface area contributed by atoms with E-state index in [2.05, 4.69) is 0 Å². The first-order valence-electron chi connectivity index (χ1n) is 3.15. The molecule has 11 heavy (non-hydrogen) atoms. The molecule has 1 aromatic carbocycles. The van der Waals surface area contributed by atoms with Crippen molar-refractivity contribution in [2.45, 2.75) is 6.92 Å². The zero-order valence-electron chi connectivity index (χ0n) is 6.13. The smallest absolute Gasteiger partial charge is 0.142 e. The van der Waals surface area contributed by atoms with Crippen LogP contribution in [0.5, 0.6) is 5.75 Å². The Morgan fingerprint density at radius 1 is 1.55 bits per heavy atom. The number of nitrogens with zero attached hydrogens (tertiary/aromatic N) is 1. The lowest BCUT2D eigenvalue weighted by molar-refractivity contribution is 0.473. The molecule has 0 amide bonds. The van der Waals surface area contributed by atoms with Crippen LogP contribution in [0.4, 0.5) is 5.69 Å². The van der Waals surface area contributed by atoms with Crippen molar-refractivity contribution in [3.8, 4) is 11.8 Å². The van der Waals surface area contributed by atoms with E-state index in [1.807, 2.05) is 6.07 Å². The summed E-state index contributed by atoms with van der Waals surface area (Å²) < 4.78 is 0. The van der Waals surface area contributed by atoms with E-state index in [-0.39, 0.29) is 11.4 Å². The molecule has 0 spiro atoms. The lowest BCUT2D eigenvalue weighted by Crippen LogP contribution is -1.91. The van der Waals surface area contributed by atoms with Crippen molar-refractivity contribution in [3.63, 3.8) is 0 Å². The van der Waals surface area contributed by atoms with Crippen molar-refractivity contribution >= 4 is 5.69 Å². The Morgan fingerprint density at radius 2 is 2.18 bits per heavy atom. The van der Waals surface area contributed by atoms with Gasteiger partial charge in [0.25, 0.3) is 0 Å². The molecule has 0 bridgehead atoms. The second-order valence-corrected chi connectivity index (χ2v) is 2.30. The highest BCUT2D eigenvalue weighted by molar-refractivity contribution is 5.65. The predicted octanol–water partition coefficient (Wildman–Crippen LogP) is 1.15. The van der Waals surface area contributed by atoms with E-state index in [1.165, 1.54) is 0 Å². The number of anilines is 1. The standard InChI is InChI=1S/C8H8N2O/c1-5-2-3-6(4-9)7(10)8(5)11/h2-3,11H,10H2,1H3. The number of aryl methyl sites for hydroxylation is 1. The van der Waals surface area contributed by atoms with Crippen LogP contribution < -0.4 is 5.73 Å². The summed E-state index contributed by atoms with van der Waals surface area (Å²) in [6.45, 7) is 1.73. The van der Waals surface area contributed by atoms with Gasteiger partial charge in [0.1, 0.15) is 11.8 Å². The Bertz CT molecular complexity index is 326. The maximum Gasteiger partial charge on any atom is 0.142 e. The quantitative estimate of drug-likeness (QED) is 0.428. The van der Waals surface area contributed by atoms with Crippen LogP contribution >= 0.6 is 0 Å². The molecule has 0 saturated carbocycles. The number of phenols is 1. The molecule has 3 N–H and O–H groups in total. The van der Waals surface area contributed by atoms with Gasteiger partial charge in [-0.1, -0.05) is 6.07 Å². The molecule has 0 aliphatic rings. The van der Waals surface area contributed by atoms with Gasteiger partial charge in [0.05, 0.1) is 11.3 Å². The molecule has 1 rings (SSSR count). The molecule has 0 aliphatic carbocycles. The number of hydrogen-bond donors (Lipinski definition) is 2. The van der Waals surface area contributed by atoms with Crippen molar-refractivity contribution in [1.29, 1.82) is 5.26 Å². The van der Waals surface area contributed by atoms with Gasteiger partial charge in [-0.25, -0.2) is 0 Å².